The summed E-state index contributed by atoms with van der Waals surface area (Å²) in [7, 11) is 0.297. The molecule has 2 aliphatic carbocycles. The molecule has 1 fully saturated rings. The van der Waals surface area contributed by atoms with Crippen molar-refractivity contribution in [2.75, 3.05) is 12.4 Å². The number of allylic oxidation sites excluding steroid dienone is 1. The molecule has 13 heteroatoms. The van der Waals surface area contributed by atoms with Crippen LogP contribution in [0.4, 0.5) is 14.5 Å². The molecule has 2 bridgehead atoms. The standard InChI is InChI=1S/C31H31F2IN2O5P2S/c1-16-7-8-18(13-26(16)42)23-15-24(25(41-3)11-17(23)2)30(38)36(34)28-20-10-9-19(12-20)27(28)29(37)35-21-5-4-6-22(14-21)44(39,40)31(32,33)43/h4-11,13-15,19-20,27-28H,12,42-43H2,1-3H3,(H,35,37)/t19-,20+,27+,28-/m1/s1. The largest absolute Gasteiger partial charge is 0.496 e. The van der Waals surface area contributed by atoms with E-state index in [2.05, 4.69) is 14.6 Å². The first-order chi connectivity index (χ1) is 20.6. The van der Waals surface area contributed by atoms with E-state index >= 15 is 0 Å². The molecule has 0 aliphatic heterocycles. The van der Waals surface area contributed by atoms with Gasteiger partial charge in [-0.2, -0.15) is 8.78 Å². The van der Waals surface area contributed by atoms with E-state index in [0.29, 0.717) is 17.7 Å². The number of halogens is 3. The van der Waals surface area contributed by atoms with Crippen molar-refractivity contribution in [3.05, 3.63) is 83.4 Å². The predicted octanol–water partition coefficient (Wildman–Crippen LogP) is 6.30. The molecule has 1 saturated carbocycles. The first-order valence-corrected chi connectivity index (χ1v) is 17.3. The van der Waals surface area contributed by atoms with Crippen LogP contribution < -0.4 is 15.4 Å². The minimum absolute atomic E-state index is 0.0681. The number of carbonyl (C=O) groups is 2. The van der Waals surface area contributed by atoms with Crippen molar-refractivity contribution < 1.29 is 31.5 Å². The van der Waals surface area contributed by atoms with Gasteiger partial charge in [-0.25, -0.2) is 8.42 Å². The highest BCUT2D eigenvalue weighted by Gasteiger charge is 2.52. The number of nitrogens with zero attached hydrogens (tertiary/aromatic N) is 1. The maximum atomic E-state index is 14.1. The van der Waals surface area contributed by atoms with E-state index in [1.807, 2.05) is 79.2 Å². The first kappa shape index (κ1) is 32.9. The normalized spacial score (nSPS) is 20.9. The minimum Gasteiger partial charge on any atom is -0.496 e. The molecule has 3 aromatic rings. The number of anilines is 1. The molecule has 0 aromatic heterocycles. The Morgan fingerprint density at radius 1 is 1.05 bits per heavy atom. The van der Waals surface area contributed by atoms with Gasteiger partial charge in [0.2, 0.25) is 15.7 Å². The van der Waals surface area contributed by atoms with Crippen molar-refractivity contribution in [3.63, 3.8) is 0 Å². The summed E-state index contributed by atoms with van der Waals surface area (Å²) in [6.45, 7) is 3.98. The molecule has 0 heterocycles. The first-order valence-electron chi connectivity index (χ1n) is 13.7. The summed E-state index contributed by atoms with van der Waals surface area (Å²) in [5, 5.41) is 3.76. The van der Waals surface area contributed by atoms with Gasteiger partial charge in [0.25, 0.3) is 5.91 Å². The van der Waals surface area contributed by atoms with Crippen molar-refractivity contribution in [1.29, 1.82) is 0 Å². The van der Waals surface area contributed by atoms with E-state index in [9.17, 15) is 26.8 Å². The molecule has 2 aliphatic rings. The molecule has 0 radical (unpaired) electrons. The molecule has 5 rings (SSSR count). The van der Waals surface area contributed by atoms with Gasteiger partial charge in [0.05, 0.1) is 52.4 Å². The molecule has 0 spiro atoms. The van der Waals surface area contributed by atoms with Gasteiger partial charge in [0, 0.05) is 5.69 Å². The van der Waals surface area contributed by atoms with Crippen LogP contribution >= 0.6 is 41.3 Å². The molecular weight excluding hydrogens is 739 g/mol. The summed E-state index contributed by atoms with van der Waals surface area (Å²) < 4.78 is 59.2. The van der Waals surface area contributed by atoms with Crippen molar-refractivity contribution >= 4 is 74.0 Å². The topological polar surface area (TPSA) is 92.8 Å². The second-order valence-electron chi connectivity index (χ2n) is 11.1. The van der Waals surface area contributed by atoms with Gasteiger partial charge in [-0.1, -0.05) is 30.4 Å². The summed E-state index contributed by atoms with van der Waals surface area (Å²) in [4.78, 5) is 23.1. The third kappa shape index (κ3) is 6.05. The zero-order chi connectivity index (χ0) is 32.1. The smallest absolute Gasteiger partial charge is 0.359 e. The molecule has 6 atom stereocenters. The van der Waals surface area contributed by atoms with Crippen LogP contribution in [0.1, 0.15) is 27.9 Å². The Labute approximate surface area is 274 Å². The number of methoxy groups -OCH3 is 1. The Hall–Kier alpha value is -2.46. The Morgan fingerprint density at radius 2 is 1.75 bits per heavy atom. The Bertz CT molecular complexity index is 1800. The number of rotatable bonds is 8. The second-order valence-corrected chi connectivity index (χ2v) is 15.9. The van der Waals surface area contributed by atoms with Gasteiger partial charge < -0.3 is 10.1 Å². The van der Waals surface area contributed by atoms with Crippen LogP contribution in [0.3, 0.4) is 0 Å². The lowest BCUT2D eigenvalue weighted by molar-refractivity contribution is -0.121. The Kier molecular flexibility index (Phi) is 9.27. The second kappa shape index (κ2) is 12.4. The summed E-state index contributed by atoms with van der Waals surface area (Å²) in [6, 6.07) is 14.0. The lowest BCUT2D eigenvalue weighted by Crippen LogP contribution is -2.45. The van der Waals surface area contributed by atoms with E-state index in [1.165, 1.54) is 19.2 Å². The molecule has 7 nitrogen and oxygen atoms in total. The molecule has 232 valence electrons. The number of alkyl halides is 2. The Morgan fingerprint density at radius 3 is 2.41 bits per heavy atom. The van der Waals surface area contributed by atoms with Crippen molar-refractivity contribution in [2.45, 2.75) is 36.2 Å². The summed E-state index contributed by atoms with van der Waals surface area (Å²) in [5.74, 6) is -1.21. The molecule has 2 amide bonds. The van der Waals surface area contributed by atoms with Crippen molar-refractivity contribution in [1.82, 2.24) is 3.11 Å². The summed E-state index contributed by atoms with van der Waals surface area (Å²) in [5.41, 5.74) is 4.34. The van der Waals surface area contributed by atoms with Crippen LogP contribution in [0, 0.1) is 31.6 Å². The maximum Gasteiger partial charge on any atom is 0.359 e. The number of carbonyl (C=O) groups excluding carboxylic acids is 2. The van der Waals surface area contributed by atoms with Gasteiger partial charge in [-0.15, -0.1) is 9.24 Å². The highest BCUT2D eigenvalue weighted by Crippen LogP contribution is 2.48. The third-order valence-corrected chi connectivity index (χ3v) is 12.5. The van der Waals surface area contributed by atoms with E-state index in [0.717, 1.165) is 48.9 Å². The van der Waals surface area contributed by atoms with Gasteiger partial charge in [-0.3, -0.25) is 12.7 Å². The van der Waals surface area contributed by atoms with E-state index < -0.39 is 37.6 Å². The average molecular weight is 771 g/mol. The lowest BCUT2D eigenvalue weighted by atomic mass is 9.87. The SMILES string of the molecule is COc1cc(C)c(-c2ccc(C)c(P)c2)cc1C(=O)N(I)[C@H]1[C@@H](C(=O)Nc2cccc(S(=O)(=O)C(F)(F)P)c2)[C@@H]2C=C[C@H]1C2. The van der Waals surface area contributed by atoms with Gasteiger partial charge in [0.15, 0.2) is 0 Å². The fraction of sp³-hybridized carbons (Fsp3) is 0.290. The molecule has 1 N–H and O–H groups in total. The monoisotopic (exact) mass is 770 g/mol. The van der Waals surface area contributed by atoms with Crippen molar-refractivity contribution in [2.24, 2.45) is 17.8 Å². The number of amides is 2. The van der Waals surface area contributed by atoms with Crippen LogP contribution in [0.15, 0.2) is 71.6 Å². The van der Waals surface area contributed by atoms with Gasteiger partial charge in [-0.05, 0) is 105 Å². The molecule has 2 unspecified atom stereocenters. The average Bonchev–Trinajstić information content (AvgIpc) is 3.59. The molecular formula is C31H31F2IN2O5P2S. The van der Waals surface area contributed by atoms with Crippen LogP contribution in [0.5, 0.6) is 5.75 Å². The third-order valence-electron chi connectivity index (χ3n) is 8.31. The predicted molar refractivity (Wildman–Crippen MR) is 182 cm³/mol. The number of hydrogen-bond acceptors (Lipinski definition) is 5. The van der Waals surface area contributed by atoms with E-state index in [1.54, 1.807) is 3.11 Å². The fourth-order valence-corrected chi connectivity index (χ4v) is 8.52. The molecule has 44 heavy (non-hydrogen) atoms. The highest BCUT2D eigenvalue weighted by molar-refractivity contribution is 14.1. The number of nitrogens with one attached hydrogen (secondary N) is 1. The van der Waals surface area contributed by atoms with Crippen LogP contribution in [-0.2, 0) is 14.6 Å². The number of hydrogen-bond donors (Lipinski definition) is 1. The van der Waals surface area contributed by atoms with E-state index in [-0.39, 0.29) is 23.4 Å². The fourth-order valence-electron chi connectivity index (χ4n) is 5.97. The summed E-state index contributed by atoms with van der Waals surface area (Å²) >= 11 is 1.96. The number of fused-ring (bicyclic) bond motifs is 2. The lowest BCUT2D eigenvalue weighted by Gasteiger charge is -2.33. The van der Waals surface area contributed by atoms with Crippen LogP contribution in [0.2, 0.25) is 0 Å². The number of aryl methyl sites for hydroxylation is 2. The zero-order valence-corrected chi connectivity index (χ0v) is 29.3. The van der Waals surface area contributed by atoms with Gasteiger partial charge in [0.1, 0.15) is 5.75 Å². The van der Waals surface area contributed by atoms with Gasteiger partial charge >= 0.3 is 5.00 Å². The maximum absolute atomic E-state index is 14.1. The zero-order valence-electron chi connectivity index (χ0n) is 24.1. The number of sulfone groups is 1. The quantitative estimate of drug-likeness (QED) is 0.126. The number of benzene rings is 3. The summed E-state index contributed by atoms with van der Waals surface area (Å²) in [6.07, 6.45) is 4.63. The number of ether oxygens (including phenoxy) is 1. The minimum atomic E-state index is -4.97. The molecule has 3 aromatic carbocycles. The van der Waals surface area contributed by atoms with E-state index in [4.69, 9.17) is 4.74 Å². The van der Waals surface area contributed by atoms with Crippen LogP contribution in [0.25, 0.3) is 11.1 Å². The molecule has 0 saturated heterocycles. The Balaban J connectivity index is 1.45. The highest BCUT2D eigenvalue weighted by atomic mass is 127. The van der Waals surface area contributed by atoms with Crippen molar-refractivity contribution in [3.8, 4) is 16.9 Å². The van der Waals surface area contributed by atoms with Crippen LogP contribution in [-0.4, -0.2) is 41.5 Å².